The van der Waals surface area contributed by atoms with E-state index in [1.54, 1.807) is 24.3 Å². The van der Waals surface area contributed by atoms with Gasteiger partial charge in [-0.25, -0.2) is 13.1 Å². The zero-order valence-electron chi connectivity index (χ0n) is 13.0. The molecule has 122 valence electrons. The number of hydrogen-bond donors (Lipinski definition) is 2. The van der Waals surface area contributed by atoms with Gasteiger partial charge in [-0.05, 0) is 38.1 Å². The normalized spacial score (nSPS) is 19.2. The number of amides is 1. The minimum Gasteiger partial charge on any atom is -0.340 e. The molecule has 1 saturated heterocycles. The number of piperazine rings is 1. The van der Waals surface area contributed by atoms with E-state index in [0.29, 0.717) is 18.9 Å². The minimum atomic E-state index is -3.40. The fourth-order valence-corrected chi connectivity index (χ4v) is 3.25. The third-order valence-electron chi connectivity index (χ3n) is 3.85. The molecule has 7 heteroatoms. The van der Waals surface area contributed by atoms with Crippen LogP contribution in [0.1, 0.15) is 18.9 Å². The summed E-state index contributed by atoms with van der Waals surface area (Å²) in [5.41, 5.74) is 0.964. The molecule has 0 saturated carbocycles. The maximum Gasteiger partial charge on any atom is 0.240 e. The average molecular weight is 325 g/mol. The molecule has 1 aliphatic heterocycles. The maximum atomic E-state index is 12.2. The van der Waals surface area contributed by atoms with Gasteiger partial charge in [0.2, 0.25) is 15.9 Å². The summed E-state index contributed by atoms with van der Waals surface area (Å²) < 4.78 is 25.6. The fraction of sp³-hybridized carbons (Fsp3) is 0.533. The molecule has 0 aromatic heterocycles. The first-order valence-electron chi connectivity index (χ1n) is 7.46. The van der Waals surface area contributed by atoms with Crippen LogP contribution in [-0.2, 0) is 21.2 Å². The number of nitrogens with zero attached hydrogens (tertiary/aromatic N) is 1. The van der Waals surface area contributed by atoms with Crippen LogP contribution in [0.3, 0.4) is 0 Å². The lowest BCUT2D eigenvalue weighted by Gasteiger charge is -2.32. The van der Waals surface area contributed by atoms with Crippen LogP contribution in [0, 0.1) is 0 Å². The summed E-state index contributed by atoms with van der Waals surface area (Å²) in [6.07, 6.45) is 1.07. The van der Waals surface area contributed by atoms with E-state index in [0.717, 1.165) is 25.2 Å². The number of nitrogens with one attached hydrogen (secondary N) is 2. The van der Waals surface area contributed by atoms with Crippen molar-refractivity contribution in [1.29, 1.82) is 0 Å². The molecule has 1 atom stereocenters. The van der Waals surface area contributed by atoms with Gasteiger partial charge in [0.15, 0.2) is 0 Å². The van der Waals surface area contributed by atoms with Gasteiger partial charge in [-0.2, -0.15) is 0 Å². The van der Waals surface area contributed by atoms with Crippen LogP contribution in [0.4, 0.5) is 0 Å². The van der Waals surface area contributed by atoms with E-state index < -0.39 is 10.0 Å². The number of aryl methyl sites for hydroxylation is 1. The van der Waals surface area contributed by atoms with Gasteiger partial charge in [0, 0.05) is 32.1 Å². The highest BCUT2D eigenvalue weighted by atomic mass is 32.2. The molecule has 0 aliphatic carbocycles. The van der Waals surface area contributed by atoms with Crippen molar-refractivity contribution in [2.24, 2.45) is 0 Å². The van der Waals surface area contributed by atoms with Gasteiger partial charge in [-0.15, -0.1) is 0 Å². The van der Waals surface area contributed by atoms with Crippen molar-refractivity contribution in [2.45, 2.75) is 30.7 Å². The van der Waals surface area contributed by atoms with Crippen LogP contribution in [0.15, 0.2) is 29.2 Å². The lowest BCUT2D eigenvalue weighted by Crippen LogP contribution is -2.51. The molecule has 1 aliphatic rings. The van der Waals surface area contributed by atoms with Crippen molar-refractivity contribution in [3.63, 3.8) is 0 Å². The third-order valence-corrected chi connectivity index (χ3v) is 5.28. The van der Waals surface area contributed by atoms with Crippen molar-refractivity contribution in [3.05, 3.63) is 29.8 Å². The second kappa shape index (κ2) is 7.21. The summed E-state index contributed by atoms with van der Waals surface area (Å²) in [7, 11) is -2.02. The van der Waals surface area contributed by atoms with Gasteiger partial charge in [-0.1, -0.05) is 12.1 Å². The molecule has 1 aromatic rings. The van der Waals surface area contributed by atoms with Gasteiger partial charge in [-0.3, -0.25) is 4.79 Å². The van der Waals surface area contributed by atoms with Crippen molar-refractivity contribution in [3.8, 4) is 0 Å². The van der Waals surface area contributed by atoms with Crippen LogP contribution >= 0.6 is 0 Å². The SMILES string of the molecule is CNS(=O)(=O)c1ccc(CCC(=O)N2CCNC(C)C2)cc1. The highest BCUT2D eigenvalue weighted by molar-refractivity contribution is 7.89. The molecule has 22 heavy (non-hydrogen) atoms. The quantitative estimate of drug-likeness (QED) is 0.819. The van der Waals surface area contributed by atoms with Gasteiger partial charge in [0.05, 0.1) is 4.90 Å². The van der Waals surface area contributed by atoms with Crippen molar-refractivity contribution < 1.29 is 13.2 Å². The Kier molecular flexibility index (Phi) is 5.55. The average Bonchev–Trinajstić information content (AvgIpc) is 2.53. The molecule has 2 N–H and O–H groups in total. The highest BCUT2D eigenvalue weighted by Gasteiger charge is 2.20. The monoisotopic (exact) mass is 325 g/mol. The Balaban J connectivity index is 1.90. The Labute approximate surface area is 131 Å². The second-order valence-electron chi connectivity index (χ2n) is 5.55. The van der Waals surface area contributed by atoms with E-state index in [4.69, 9.17) is 0 Å². The molecule has 0 bridgehead atoms. The molecule has 1 fully saturated rings. The number of sulfonamides is 1. The van der Waals surface area contributed by atoms with E-state index in [9.17, 15) is 13.2 Å². The first-order valence-corrected chi connectivity index (χ1v) is 8.94. The van der Waals surface area contributed by atoms with Gasteiger partial charge >= 0.3 is 0 Å². The summed E-state index contributed by atoms with van der Waals surface area (Å²) in [6, 6.07) is 7.00. The summed E-state index contributed by atoms with van der Waals surface area (Å²) >= 11 is 0. The molecule has 6 nitrogen and oxygen atoms in total. The Morgan fingerprint density at radius 1 is 1.36 bits per heavy atom. The standard InChI is InChI=1S/C15H23N3O3S/c1-12-11-18(10-9-17-12)15(19)8-5-13-3-6-14(7-4-13)22(20,21)16-2/h3-4,6-7,12,16-17H,5,8-11H2,1-2H3. The Morgan fingerprint density at radius 3 is 2.64 bits per heavy atom. The lowest BCUT2D eigenvalue weighted by atomic mass is 10.1. The molecule has 1 aromatic carbocycles. The van der Waals surface area contributed by atoms with Crippen LogP contribution in [0.2, 0.25) is 0 Å². The Hall–Kier alpha value is -1.44. The highest BCUT2D eigenvalue weighted by Crippen LogP contribution is 2.12. The molecular weight excluding hydrogens is 302 g/mol. The van der Waals surface area contributed by atoms with Gasteiger partial charge < -0.3 is 10.2 Å². The van der Waals surface area contributed by atoms with Crippen molar-refractivity contribution in [2.75, 3.05) is 26.7 Å². The van der Waals surface area contributed by atoms with Crippen LogP contribution in [0.5, 0.6) is 0 Å². The first kappa shape index (κ1) is 16.9. The zero-order chi connectivity index (χ0) is 16.2. The molecular formula is C15H23N3O3S. The number of benzene rings is 1. The summed E-state index contributed by atoms with van der Waals surface area (Å²) in [5.74, 6) is 0.153. The van der Waals surface area contributed by atoms with Crippen LogP contribution in [-0.4, -0.2) is 51.9 Å². The van der Waals surface area contributed by atoms with Crippen molar-refractivity contribution >= 4 is 15.9 Å². The third kappa shape index (κ3) is 4.28. The number of hydrogen-bond acceptors (Lipinski definition) is 4. The second-order valence-corrected chi connectivity index (χ2v) is 7.43. The van der Waals surface area contributed by atoms with Crippen LogP contribution < -0.4 is 10.0 Å². The molecule has 1 unspecified atom stereocenters. The first-order chi connectivity index (χ1) is 10.4. The van der Waals surface area contributed by atoms with Crippen LogP contribution in [0.25, 0.3) is 0 Å². The molecule has 1 amide bonds. The van der Waals surface area contributed by atoms with E-state index in [-0.39, 0.29) is 10.8 Å². The summed E-state index contributed by atoms with van der Waals surface area (Å²) in [4.78, 5) is 14.3. The largest absolute Gasteiger partial charge is 0.340 e. The smallest absolute Gasteiger partial charge is 0.240 e. The van der Waals surface area contributed by atoms with Gasteiger partial charge in [0.25, 0.3) is 0 Å². The predicted octanol–water partition coefficient (Wildman–Crippen LogP) is 0.348. The maximum absolute atomic E-state index is 12.2. The topological polar surface area (TPSA) is 78.5 Å². The number of carbonyl (C=O) groups is 1. The predicted molar refractivity (Wildman–Crippen MR) is 85.1 cm³/mol. The van der Waals surface area contributed by atoms with Crippen molar-refractivity contribution in [1.82, 2.24) is 14.9 Å². The molecule has 0 spiro atoms. The Morgan fingerprint density at radius 2 is 2.05 bits per heavy atom. The molecule has 2 rings (SSSR count). The molecule has 1 heterocycles. The minimum absolute atomic E-state index is 0.153. The lowest BCUT2D eigenvalue weighted by molar-refractivity contribution is -0.132. The summed E-state index contributed by atoms with van der Waals surface area (Å²) in [6.45, 7) is 4.41. The Bertz CT molecular complexity index is 613. The van der Waals surface area contributed by atoms with Gasteiger partial charge in [0.1, 0.15) is 0 Å². The number of carbonyl (C=O) groups excluding carboxylic acids is 1. The number of rotatable bonds is 5. The molecule has 0 radical (unpaired) electrons. The van der Waals surface area contributed by atoms with E-state index in [1.165, 1.54) is 7.05 Å². The van der Waals surface area contributed by atoms with E-state index in [2.05, 4.69) is 17.0 Å². The fourth-order valence-electron chi connectivity index (χ4n) is 2.52. The summed E-state index contributed by atoms with van der Waals surface area (Å²) in [5, 5.41) is 3.31. The van der Waals surface area contributed by atoms with E-state index >= 15 is 0 Å². The van der Waals surface area contributed by atoms with E-state index in [1.807, 2.05) is 4.90 Å². The zero-order valence-corrected chi connectivity index (χ0v) is 13.8.